The van der Waals surface area contributed by atoms with E-state index < -0.39 is 0 Å². The molecule has 0 spiro atoms. The summed E-state index contributed by atoms with van der Waals surface area (Å²) in [6.45, 7) is 0. The van der Waals surface area contributed by atoms with E-state index in [9.17, 15) is 0 Å². The lowest BCUT2D eigenvalue weighted by Crippen LogP contribution is -1.92. The van der Waals surface area contributed by atoms with Gasteiger partial charge in [-0.3, -0.25) is 5.10 Å². The molecule has 2 aromatic heterocycles. The normalized spacial score (nSPS) is 10.9. The number of aromatic nitrogens is 4. The molecule has 0 saturated heterocycles. The minimum Gasteiger partial charge on any atom is -0.423 e. The lowest BCUT2D eigenvalue weighted by Gasteiger charge is -2.05. The Kier molecular flexibility index (Phi) is 3.80. The lowest BCUT2D eigenvalue weighted by molar-refractivity contribution is 0.444. The van der Waals surface area contributed by atoms with Crippen molar-refractivity contribution in [1.82, 2.24) is 20.2 Å². The number of hydrogen-bond acceptors (Lipinski definition) is 4. The molecule has 0 bridgehead atoms. The monoisotopic (exact) mass is 356 g/mol. The van der Waals surface area contributed by atoms with Gasteiger partial charge in [0.1, 0.15) is 5.75 Å². The smallest absolute Gasteiger partial charge is 0.324 e. The number of halogens is 2. The second-order valence-corrected chi connectivity index (χ2v) is 5.82. The van der Waals surface area contributed by atoms with Crippen LogP contribution in [-0.4, -0.2) is 20.2 Å². The third-order valence-corrected chi connectivity index (χ3v) is 4.11. The van der Waals surface area contributed by atoms with E-state index in [-0.39, 0.29) is 6.01 Å². The SMILES string of the molecule is Clc1ccccc1Oc1ncc2c(-c3ccccc3Cl)[nH]nc2n1. The fraction of sp³-hybridized carbons (Fsp3) is 0. The average Bonchev–Trinajstić information content (AvgIpc) is 3.00. The quantitative estimate of drug-likeness (QED) is 0.553. The molecular weight excluding hydrogens is 347 g/mol. The number of nitrogens with zero attached hydrogens (tertiary/aromatic N) is 3. The van der Waals surface area contributed by atoms with Crippen LogP contribution in [-0.2, 0) is 0 Å². The highest BCUT2D eigenvalue weighted by atomic mass is 35.5. The maximum absolute atomic E-state index is 6.24. The maximum Gasteiger partial charge on any atom is 0.324 e. The van der Waals surface area contributed by atoms with Crippen LogP contribution in [0.4, 0.5) is 0 Å². The summed E-state index contributed by atoms with van der Waals surface area (Å²) in [6.07, 6.45) is 1.65. The first-order valence-corrected chi connectivity index (χ1v) is 7.86. The van der Waals surface area contributed by atoms with E-state index in [1.807, 2.05) is 36.4 Å². The van der Waals surface area contributed by atoms with Gasteiger partial charge in [-0.1, -0.05) is 53.5 Å². The third kappa shape index (κ3) is 2.68. The zero-order valence-corrected chi connectivity index (χ0v) is 13.7. The second kappa shape index (κ2) is 6.11. The molecule has 4 aromatic rings. The molecule has 0 aliphatic heterocycles. The number of aromatic amines is 1. The van der Waals surface area contributed by atoms with Crippen molar-refractivity contribution in [1.29, 1.82) is 0 Å². The van der Waals surface area contributed by atoms with Gasteiger partial charge in [-0.05, 0) is 18.2 Å². The lowest BCUT2D eigenvalue weighted by atomic mass is 10.1. The first-order valence-electron chi connectivity index (χ1n) is 7.11. The molecule has 1 N–H and O–H groups in total. The van der Waals surface area contributed by atoms with Gasteiger partial charge in [0.25, 0.3) is 0 Å². The van der Waals surface area contributed by atoms with Crippen LogP contribution in [0.3, 0.4) is 0 Å². The molecular formula is C17H10Cl2N4O. The number of nitrogens with one attached hydrogen (secondary N) is 1. The van der Waals surface area contributed by atoms with E-state index >= 15 is 0 Å². The molecule has 0 amide bonds. The number of ether oxygens (including phenoxy) is 1. The Labute approximate surface area is 147 Å². The Morgan fingerprint density at radius 2 is 1.67 bits per heavy atom. The molecule has 2 aromatic carbocycles. The molecule has 0 fully saturated rings. The number of hydrogen-bond donors (Lipinski definition) is 1. The van der Waals surface area contributed by atoms with Crippen molar-refractivity contribution in [3.63, 3.8) is 0 Å². The predicted octanol–water partition coefficient (Wildman–Crippen LogP) is 5.12. The fourth-order valence-corrected chi connectivity index (χ4v) is 2.74. The standard InChI is InChI=1S/C17H10Cl2N4O/c18-12-6-2-1-5-10(12)15-11-9-20-17(21-16(11)23-22-15)24-14-8-4-3-7-13(14)19/h1-9H,(H,20,21,22,23). The van der Waals surface area contributed by atoms with E-state index in [0.29, 0.717) is 21.4 Å². The van der Waals surface area contributed by atoms with Gasteiger partial charge in [-0.2, -0.15) is 10.1 Å². The minimum atomic E-state index is 0.174. The van der Waals surface area contributed by atoms with Crippen molar-refractivity contribution in [3.05, 3.63) is 64.8 Å². The number of rotatable bonds is 3. The number of benzene rings is 2. The van der Waals surface area contributed by atoms with Gasteiger partial charge in [0, 0.05) is 16.8 Å². The van der Waals surface area contributed by atoms with Crippen LogP contribution in [0, 0.1) is 0 Å². The van der Waals surface area contributed by atoms with Gasteiger partial charge < -0.3 is 4.74 Å². The van der Waals surface area contributed by atoms with Crippen molar-refractivity contribution in [3.8, 4) is 23.0 Å². The number of fused-ring (bicyclic) bond motifs is 1. The van der Waals surface area contributed by atoms with Crippen LogP contribution in [0.25, 0.3) is 22.3 Å². The predicted molar refractivity (Wildman–Crippen MR) is 93.7 cm³/mol. The molecule has 0 radical (unpaired) electrons. The molecule has 7 heteroatoms. The first-order chi connectivity index (χ1) is 11.7. The number of para-hydroxylation sites is 1. The molecule has 0 saturated carbocycles. The van der Waals surface area contributed by atoms with Gasteiger partial charge >= 0.3 is 6.01 Å². The molecule has 4 rings (SSSR count). The highest BCUT2D eigenvalue weighted by molar-refractivity contribution is 6.33. The molecule has 5 nitrogen and oxygen atoms in total. The maximum atomic E-state index is 6.24. The Balaban J connectivity index is 1.73. The van der Waals surface area contributed by atoms with Gasteiger partial charge in [-0.15, -0.1) is 0 Å². The summed E-state index contributed by atoms with van der Waals surface area (Å²) >= 11 is 12.3. The van der Waals surface area contributed by atoms with E-state index in [4.69, 9.17) is 27.9 Å². The van der Waals surface area contributed by atoms with Crippen LogP contribution in [0.1, 0.15) is 0 Å². The third-order valence-electron chi connectivity index (χ3n) is 3.47. The topological polar surface area (TPSA) is 63.7 Å². The van der Waals surface area contributed by atoms with E-state index in [1.54, 1.807) is 18.3 Å². The average molecular weight is 357 g/mol. The van der Waals surface area contributed by atoms with Crippen LogP contribution >= 0.6 is 23.2 Å². The summed E-state index contributed by atoms with van der Waals surface area (Å²) in [5.74, 6) is 0.486. The molecule has 2 heterocycles. The Morgan fingerprint density at radius 3 is 2.46 bits per heavy atom. The van der Waals surface area contributed by atoms with E-state index in [0.717, 1.165) is 16.6 Å². The van der Waals surface area contributed by atoms with Crippen molar-refractivity contribution >= 4 is 34.2 Å². The van der Waals surface area contributed by atoms with Crippen molar-refractivity contribution < 1.29 is 4.74 Å². The van der Waals surface area contributed by atoms with Crippen LogP contribution in [0.5, 0.6) is 11.8 Å². The molecule has 24 heavy (non-hydrogen) atoms. The fourth-order valence-electron chi connectivity index (χ4n) is 2.33. The zero-order chi connectivity index (χ0) is 16.5. The van der Waals surface area contributed by atoms with Crippen LogP contribution in [0.2, 0.25) is 10.0 Å². The number of H-pyrrole nitrogens is 1. The second-order valence-electron chi connectivity index (χ2n) is 5.00. The molecule has 118 valence electrons. The van der Waals surface area contributed by atoms with Crippen molar-refractivity contribution in [2.24, 2.45) is 0 Å². The molecule has 0 atom stereocenters. The molecule has 0 aliphatic rings. The largest absolute Gasteiger partial charge is 0.423 e. The summed E-state index contributed by atoms with van der Waals surface area (Å²) in [7, 11) is 0. The molecule has 0 unspecified atom stereocenters. The van der Waals surface area contributed by atoms with E-state index in [2.05, 4.69) is 20.2 Å². The Morgan fingerprint density at radius 1 is 0.917 bits per heavy atom. The van der Waals surface area contributed by atoms with Gasteiger partial charge in [-0.25, -0.2) is 4.98 Å². The van der Waals surface area contributed by atoms with Crippen LogP contribution < -0.4 is 4.74 Å². The summed E-state index contributed by atoms with van der Waals surface area (Å²) in [5.41, 5.74) is 2.09. The van der Waals surface area contributed by atoms with Crippen LogP contribution in [0.15, 0.2) is 54.7 Å². The highest BCUT2D eigenvalue weighted by Gasteiger charge is 2.13. The Bertz CT molecular complexity index is 1030. The zero-order valence-electron chi connectivity index (χ0n) is 12.2. The van der Waals surface area contributed by atoms with Crippen molar-refractivity contribution in [2.45, 2.75) is 0 Å². The van der Waals surface area contributed by atoms with Crippen molar-refractivity contribution in [2.75, 3.05) is 0 Å². The van der Waals surface area contributed by atoms with Gasteiger partial charge in [0.2, 0.25) is 0 Å². The van der Waals surface area contributed by atoms with E-state index in [1.165, 1.54) is 0 Å². The van der Waals surface area contributed by atoms with Gasteiger partial charge in [0.15, 0.2) is 5.65 Å². The minimum absolute atomic E-state index is 0.174. The Hall–Kier alpha value is -2.63. The molecule has 0 aliphatic carbocycles. The summed E-state index contributed by atoms with van der Waals surface area (Å²) in [6, 6.07) is 14.8. The first kappa shape index (κ1) is 14.9. The summed E-state index contributed by atoms with van der Waals surface area (Å²) < 4.78 is 5.62. The summed E-state index contributed by atoms with van der Waals surface area (Å²) in [5, 5.41) is 9.04. The highest BCUT2D eigenvalue weighted by Crippen LogP contribution is 2.32. The summed E-state index contributed by atoms with van der Waals surface area (Å²) in [4.78, 5) is 8.55. The van der Waals surface area contributed by atoms with Gasteiger partial charge in [0.05, 0.1) is 16.1 Å².